The number of rotatable bonds is 7. The van der Waals surface area contributed by atoms with Gasteiger partial charge in [-0.15, -0.1) is 0 Å². The number of benzene rings is 2. The van der Waals surface area contributed by atoms with E-state index in [9.17, 15) is 14.0 Å². The predicted octanol–water partition coefficient (Wildman–Crippen LogP) is 4.61. The number of hydrogen-bond acceptors (Lipinski definition) is 6. The third-order valence-corrected chi connectivity index (χ3v) is 6.97. The molecule has 0 saturated carbocycles. The SMILES string of the molecule is COc1cc2c(=O)n(-c3cccc(N(C)C)c3)cc(C(=O)N3CCC(F)CC3)c2cc1OCc1ccccn1. The van der Waals surface area contributed by atoms with Gasteiger partial charge in [-0.3, -0.25) is 19.1 Å². The third-order valence-electron chi connectivity index (χ3n) is 6.97. The number of pyridine rings is 2. The highest BCUT2D eigenvalue weighted by Gasteiger charge is 2.27. The number of ether oxygens (including phenoxy) is 2. The molecule has 0 radical (unpaired) electrons. The molecule has 1 aliphatic rings. The van der Waals surface area contributed by atoms with E-state index in [1.54, 1.807) is 29.4 Å². The van der Waals surface area contributed by atoms with Crippen LogP contribution in [-0.4, -0.2) is 60.8 Å². The largest absolute Gasteiger partial charge is 0.493 e. The minimum absolute atomic E-state index is 0.185. The van der Waals surface area contributed by atoms with E-state index >= 15 is 0 Å². The molecule has 1 saturated heterocycles. The quantitative estimate of drug-likeness (QED) is 0.347. The van der Waals surface area contributed by atoms with Gasteiger partial charge in [-0.1, -0.05) is 12.1 Å². The molecule has 39 heavy (non-hydrogen) atoms. The van der Waals surface area contributed by atoms with Crippen LogP contribution in [0.2, 0.25) is 0 Å². The molecule has 2 aromatic heterocycles. The summed E-state index contributed by atoms with van der Waals surface area (Å²) in [5.74, 6) is 0.496. The van der Waals surface area contributed by atoms with E-state index in [0.717, 1.165) is 11.4 Å². The van der Waals surface area contributed by atoms with Gasteiger partial charge in [0.2, 0.25) is 0 Å². The lowest BCUT2D eigenvalue weighted by molar-refractivity contribution is 0.0668. The molecule has 5 rings (SSSR count). The van der Waals surface area contributed by atoms with Crippen LogP contribution < -0.4 is 19.9 Å². The first kappa shape index (κ1) is 26.2. The van der Waals surface area contributed by atoms with E-state index in [-0.39, 0.29) is 18.1 Å². The van der Waals surface area contributed by atoms with E-state index in [4.69, 9.17) is 9.47 Å². The first-order valence-corrected chi connectivity index (χ1v) is 12.9. The number of piperidine rings is 1. The summed E-state index contributed by atoms with van der Waals surface area (Å²) < 4.78 is 27.0. The number of alkyl halides is 1. The summed E-state index contributed by atoms with van der Waals surface area (Å²) in [4.78, 5) is 35.5. The molecule has 1 amide bonds. The number of amides is 1. The fourth-order valence-electron chi connectivity index (χ4n) is 4.76. The van der Waals surface area contributed by atoms with Crippen molar-refractivity contribution in [3.05, 3.63) is 88.6 Å². The summed E-state index contributed by atoms with van der Waals surface area (Å²) in [6.45, 7) is 0.816. The van der Waals surface area contributed by atoms with Crippen LogP contribution >= 0.6 is 0 Å². The van der Waals surface area contributed by atoms with Gasteiger partial charge >= 0.3 is 0 Å². The Bertz CT molecular complexity index is 1550. The molecule has 1 fully saturated rings. The van der Waals surface area contributed by atoms with Gasteiger partial charge in [0.25, 0.3) is 11.5 Å². The number of methoxy groups -OCH3 is 1. The van der Waals surface area contributed by atoms with Crippen molar-refractivity contribution in [2.45, 2.75) is 25.6 Å². The first-order valence-electron chi connectivity index (χ1n) is 12.9. The van der Waals surface area contributed by atoms with Crippen LogP contribution in [-0.2, 0) is 6.61 Å². The van der Waals surface area contributed by atoms with Gasteiger partial charge in [-0.25, -0.2) is 4.39 Å². The number of nitrogens with zero attached hydrogens (tertiary/aromatic N) is 4. The van der Waals surface area contributed by atoms with Gasteiger partial charge in [0.15, 0.2) is 11.5 Å². The summed E-state index contributed by atoms with van der Waals surface area (Å²) in [6, 6.07) is 16.3. The molecule has 202 valence electrons. The lowest BCUT2D eigenvalue weighted by Crippen LogP contribution is -2.39. The molecule has 8 nitrogen and oxygen atoms in total. The minimum atomic E-state index is -0.913. The molecule has 3 heterocycles. The predicted molar refractivity (Wildman–Crippen MR) is 149 cm³/mol. The molecule has 1 aliphatic heterocycles. The van der Waals surface area contributed by atoms with Gasteiger partial charge in [0, 0.05) is 50.7 Å². The Hall–Kier alpha value is -4.40. The van der Waals surface area contributed by atoms with Crippen LogP contribution in [0.1, 0.15) is 28.9 Å². The van der Waals surface area contributed by atoms with Crippen LogP contribution in [0, 0.1) is 0 Å². The van der Waals surface area contributed by atoms with E-state index < -0.39 is 6.17 Å². The second-order valence-electron chi connectivity index (χ2n) is 9.76. The number of likely N-dealkylation sites (tertiary alicyclic amines) is 1. The molecule has 9 heteroatoms. The maximum atomic E-state index is 13.9. The first-order chi connectivity index (χ1) is 18.9. The van der Waals surface area contributed by atoms with Crippen molar-refractivity contribution in [2.75, 3.05) is 39.2 Å². The van der Waals surface area contributed by atoms with E-state index in [1.807, 2.05) is 61.5 Å². The van der Waals surface area contributed by atoms with Crippen LogP contribution in [0.25, 0.3) is 16.5 Å². The Morgan fingerprint density at radius 2 is 1.82 bits per heavy atom. The number of aromatic nitrogens is 2. The van der Waals surface area contributed by atoms with E-state index in [2.05, 4.69) is 4.98 Å². The summed E-state index contributed by atoms with van der Waals surface area (Å²) in [5, 5.41) is 0.766. The monoisotopic (exact) mass is 530 g/mol. The Balaban J connectivity index is 1.67. The lowest BCUT2D eigenvalue weighted by Gasteiger charge is -2.29. The molecule has 0 aliphatic carbocycles. The summed E-state index contributed by atoms with van der Waals surface area (Å²) >= 11 is 0. The number of carbonyl (C=O) groups is 1. The van der Waals surface area contributed by atoms with Crippen LogP contribution in [0.15, 0.2) is 71.8 Å². The fourth-order valence-corrected chi connectivity index (χ4v) is 4.76. The Morgan fingerprint density at radius 1 is 1.05 bits per heavy atom. The highest BCUT2D eigenvalue weighted by atomic mass is 19.1. The summed E-state index contributed by atoms with van der Waals surface area (Å²) in [7, 11) is 5.34. The van der Waals surface area contributed by atoms with Crippen LogP contribution in [0.3, 0.4) is 0 Å². The van der Waals surface area contributed by atoms with Crippen molar-refractivity contribution in [1.82, 2.24) is 14.5 Å². The molecular formula is C30H31FN4O4. The van der Waals surface area contributed by atoms with Crippen LogP contribution in [0.5, 0.6) is 11.5 Å². The second-order valence-corrected chi connectivity index (χ2v) is 9.76. The zero-order valence-corrected chi connectivity index (χ0v) is 22.3. The maximum absolute atomic E-state index is 13.9. The van der Waals surface area contributed by atoms with Gasteiger partial charge in [0.05, 0.1) is 29.4 Å². The number of fused-ring (bicyclic) bond motifs is 1. The zero-order valence-electron chi connectivity index (χ0n) is 22.3. The standard InChI is InChI=1S/C30H31FN4O4/c1-33(2)22-8-6-9-23(15-22)35-18-26(29(36)34-13-10-20(31)11-14-34)24-16-28(27(38-3)17-25(24)30(35)37)39-19-21-7-4-5-12-32-21/h4-9,12,15-18,20H,10-11,13-14,19H2,1-3H3. The molecule has 0 atom stereocenters. The molecule has 0 spiro atoms. The molecule has 4 aromatic rings. The number of hydrogen-bond donors (Lipinski definition) is 0. The Morgan fingerprint density at radius 3 is 2.51 bits per heavy atom. The highest BCUT2D eigenvalue weighted by molar-refractivity contribution is 6.07. The average Bonchev–Trinajstić information content (AvgIpc) is 2.96. The van der Waals surface area contributed by atoms with Gasteiger partial charge in [0.1, 0.15) is 12.8 Å². The lowest BCUT2D eigenvalue weighted by atomic mass is 10.0. The molecule has 0 N–H and O–H groups in total. The minimum Gasteiger partial charge on any atom is -0.493 e. The normalized spacial score (nSPS) is 13.9. The van der Waals surface area contributed by atoms with E-state index in [0.29, 0.717) is 59.5 Å². The van der Waals surface area contributed by atoms with Crippen molar-refractivity contribution in [1.29, 1.82) is 0 Å². The van der Waals surface area contributed by atoms with Gasteiger partial charge < -0.3 is 19.3 Å². The zero-order chi connectivity index (χ0) is 27.5. The summed E-state index contributed by atoms with van der Waals surface area (Å²) in [5.41, 5.74) is 2.30. The van der Waals surface area contributed by atoms with Gasteiger partial charge in [-0.05, 0) is 55.3 Å². The molecule has 0 unspecified atom stereocenters. The average molecular weight is 531 g/mol. The number of halogens is 1. The number of anilines is 1. The topological polar surface area (TPSA) is 76.9 Å². The number of carbonyl (C=O) groups excluding carboxylic acids is 1. The molecule has 0 bridgehead atoms. The van der Waals surface area contributed by atoms with Crippen molar-refractivity contribution in [3.63, 3.8) is 0 Å². The smallest absolute Gasteiger partial charge is 0.263 e. The highest BCUT2D eigenvalue weighted by Crippen LogP contribution is 2.34. The second kappa shape index (κ2) is 11.1. The van der Waals surface area contributed by atoms with Gasteiger partial charge in [-0.2, -0.15) is 0 Å². The maximum Gasteiger partial charge on any atom is 0.263 e. The van der Waals surface area contributed by atoms with Crippen molar-refractivity contribution < 1.29 is 18.7 Å². The van der Waals surface area contributed by atoms with E-state index in [1.165, 1.54) is 11.7 Å². The van der Waals surface area contributed by atoms with Crippen molar-refractivity contribution >= 4 is 22.4 Å². The fraction of sp³-hybridized carbons (Fsp3) is 0.300. The van der Waals surface area contributed by atoms with Crippen LogP contribution in [0.4, 0.5) is 10.1 Å². The molecule has 2 aromatic carbocycles. The van der Waals surface area contributed by atoms with Crippen molar-refractivity contribution in [3.8, 4) is 17.2 Å². The Labute approximate surface area is 226 Å². The third kappa shape index (κ3) is 5.43. The summed E-state index contributed by atoms with van der Waals surface area (Å²) in [6.07, 6.45) is 2.94. The molecular weight excluding hydrogens is 499 g/mol. The van der Waals surface area contributed by atoms with Crippen molar-refractivity contribution in [2.24, 2.45) is 0 Å². The Kier molecular flexibility index (Phi) is 7.49.